The summed E-state index contributed by atoms with van der Waals surface area (Å²) in [6.45, 7) is 6.97. The second-order valence-electron chi connectivity index (χ2n) is 6.97. The third-order valence-electron chi connectivity index (χ3n) is 4.20. The van der Waals surface area contributed by atoms with E-state index in [-0.39, 0.29) is 16.5 Å². The maximum absolute atomic E-state index is 14.0. The number of nitrogens with zero attached hydrogens (tertiary/aromatic N) is 2. The molecular weight excluding hydrogens is 395 g/mol. The Morgan fingerprint density at radius 3 is 2.28 bits per heavy atom. The molecule has 2 aromatic carbocycles. The van der Waals surface area contributed by atoms with Crippen molar-refractivity contribution in [3.63, 3.8) is 0 Å². The summed E-state index contributed by atoms with van der Waals surface area (Å²) in [5.41, 5.74) is 2.31. The van der Waals surface area contributed by atoms with Crippen molar-refractivity contribution in [3.8, 4) is 0 Å². The molecule has 0 atom stereocenters. The van der Waals surface area contributed by atoms with Crippen molar-refractivity contribution in [1.82, 2.24) is 14.7 Å². The minimum absolute atomic E-state index is 0.0498. The van der Waals surface area contributed by atoms with Crippen LogP contribution in [-0.4, -0.2) is 30.3 Å². The number of carbonyl (C=O) groups excluding carboxylic acids is 1. The maximum Gasteiger partial charge on any atom is 0.258 e. The topological polar surface area (TPSA) is 101 Å². The number of sulfonamides is 1. The second kappa shape index (κ2) is 7.84. The van der Waals surface area contributed by atoms with Crippen molar-refractivity contribution < 1.29 is 17.6 Å². The van der Waals surface area contributed by atoms with Crippen LogP contribution in [0.15, 0.2) is 41.3 Å². The molecule has 29 heavy (non-hydrogen) atoms. The molecule has 0 aliphatic carbocycles. The molecule has 0 aliphatic heterocycles. The first-order chi connectivity index (χ1) is 13.6. The van der Waals surface area contributed by atoms with E-state index >= 15 is 0 Å². The SMILES string of the molecule is Cc1nc2cc(F)cc(C(=O)Nc3ccc(S(=O)(=O)NC(C)C)cc3)c2nc1C. The first-order valence-electron chi connectivity index (χ1n) is 8.95. The highest BCUT2D eigenvalue weighted by Gasteiger charge is 2.18. The lowest BCUT2D eigenvalue weighted by Crippen LogP contribution is -2.30. The van der Waals surface area contributed by atoms with Gasteiger partial charge in [-0.25, -0.2) is 27.5 Å². The molecule has 0 saturated heterocycles. The Hall–Kier alpha value is -2.91. The molecule has 0 radical (unpaired) electrons. The predicted octanol–water partition coefficient (Wildman–Crippen LogP) is 3.32. The van der Waals surface area contributed by atoms with Crippen LogP contribution in [0.25, 0.3) is 11.0 Å². The number of hydrogen-bond donors (Lipinski definition) is 2. The molecule has 0 spiro atoms. The fourth-order valence-electron chi connectivity index (χ4n) is 2.77. The van der Waals surface area contributed by atoms with Crippen molar-refractivity contribution in [2.24, 2.45) is 0 Å². The Balaban J connectivity index is 1.90. The van der Waals surface area contributed by atoms with Crippen LogP contribution in [0, 0.1) is 19.7 Å². The number of carbonyl (C=O) groups is 1. The molecule has 3 rings (SSSR count). The summed E-state index contributed by atoms with van der Waals surface area (Å²) >= 11 is 0. The third kappa shape index (κ3) is 4.57. The molecule has 1 aromatic heterocycles. The Morgan fingerprint density at radius 1 is 1.03 bits per heavy atom. The highest BCUT2D eigenvalue weighted by Crippen LogP contribution is 2.21. The monoisotopic (exact) mass is 416 g/mol. The molecule has 0 fully saturated rings. The van der Waals surface area contributed by atoms with Crippen LogP contribution in [-0.2, 0) is 10.0 Å². The first-order valence-corrected chi connectivity index (χ1v) is 10.4. The fourth-order valence-corrected chi connectivity index (χ4v) is 4.02. The largest absolute Gasteiger partial charge is 0.322 e. The number of rotatable bonds is 5. The molecule has 0 bridgehead atoms. The summed E-state index contributed by atoms with van der Waals surface area (Å²) in [6.07, 6.45) is 0. The summed E-state index contributed by atoms with van der Waals surface area (Å²) in [4.78, 5) is 21.5. The number of halogens is 1. The molecule has 152 valence electrons. The van der Waals surface area contributed by atoms with Gasteiger partial charge in [-0.05, 0) is 58.0 Å². The van der Waals surface area contributed by atoms with Crippen molar-refractivity contribution in [3.05, 3.63) is 59.2 Å². The van der Waals surface area contributed by atoms with Crippen LogP contribution in [0.2, 0.25) is 0 Å². The third-order valence-corrected chi connectivity index (χ3v) is 5.88. The van der Waals surface area contributed by atoms with E-state index in [9.17, 15) is 17.6 Å². The molecule has 1 heterocycles. The lowest BCUT2D eigenvalue weighted by atomic mass is 10.1. The number of amides is 1. The lowest BCUT2D eigenvalue weighted by Gasteiger charge is -2.11. The van der Waals surface area contributed by atoms with E-state index in [1.807, 2.05) is 0 Å². The van der Waals surface area contributed by atoms with Crippen LogP contribution < -0.4 is 10.0 Å². The van der Waals surface area contributed by atoms with E-state index < -0.39 is 21.7 Å². The number of aryl methyl sites for hydroxylation is 2. The van der Waals surface area contributed by atoms with Crippen molar-refractivity contribution in [2.45, 2.75) is 38.6 Å². The second-order valence-corrected chi connectivity index (χ2v) is 8.68. The van der Waals surface area contributed by atoms with Crippen molar-refractivity contribution in [1.29, 1.82) is 0 Å². The zero-order valence-corrected chi connectivity index (χ0v) is 17.3. The highest BCUT2D eigenvalue weighted by atomic mass is 32.2. The van der Waals surface area contributed by atoms with E-state index in [2.05, 4.69) is 20.0 Å². The maximum atomic E-state index is 14.0. The van der Waals surface area contributed by atoms with Crippen LogP contribution in [0.3, 0.4) is 0 Å². The minimum atomic E-state index is -3.63. The molecule has 3 aromatic rings. The van der Waals surface area contributed by atoms with Gasteiger partial charge in [0, 0.05) is 17.8 Å². The van der Waals surface area contributed by atoms with Gasteiger partial charge in [-0.2, -0.15) is 0 Å². The van der Waals surface area contributed by atoms with Crippen molar-refractivity contribution in [2.75, 3.05) is 5.32 Å². The van der Waals surface area contributed by atoms with Gasteiger partial charge in [-0.1, -0.05) is 0 Å². The van der Waals surface area contributed by atoms with E-state index in [1.54, 1.807) is 27.7 Å². The molecule has 0 unspecified atom stereocenters. The van der Waals surface area contributed by atoms with Gasteiger partial charge in [0.1, 0.15) is 11.3 Å². The molecule has 0 aliphatic rings. The average Bonchev–Trinajstić information content (AvgIpc) is 2.62. The zero-order chi connectivity index (χ0) is 21.3. The summed E-state index contributed by atoms with van der Waals surface area (Å²) < 4.78 is 40.9. The summed E-state index contributed by atoms with van der Waals surface area (Å²) in [5.74, 6) is -1.16. The molecule has 9 heteroatoms. The first kappa shape index (κ1) is 20.8. The van der Waals surface area contributed by atoms with Gasteiger partial charge < -0.3 is 5.32 Å². The smallest absolute Gasteiger partial charge is 0.258 e. The predicted molar refractivity (Wildman–Crippen MR) is 109 cm³/mol. The van der Waals surface area contributed by atoms with Crippen LogP contribution in [0.1, 0.15) is 35.6 Å². The lowest BCUT2D eigenvalue weighted by molar-refractivity contribution is 0.102. The number of anilines is 1. The number of aromatic nitrogens is 2. The summed E-state index contributed by atoms with van der Waals surface area (Å²) in [6, 6.07) is 7.80. The van der Waals surface area contributed by atoms with E-state index in [0.717, 1.165) is 6.07 Å². The highest BCUT2D eigenvalue weighted by molar-refractivity contribution is 7.89. The van der Waals surface area contributed by atoms with Gasteiger partial charge in [0.15, 0.2) is 0 Å². The van der Waals surface area contributed by atoms with Crippen LogP contribution in [0.5, 0.6) is 0 Å². The summed E-state index contributed by atoms with van der Waals surface area (Å²) in [5, 5.41) is 2.64. The number of fused-ring (bicyclic) bond motifs is 1. The Morgan fingerprint density at radius 2 is 1.66 bits per heavy atom. The van der Waals surface area contributed by atoms with Gasteiger partial charge >= 0.3 is 0 Å². The summed E-state index contributed by atoms with van der Waals surface area (Å²) in [7, 11) is -3.63. The Kier molecular flexibility index (Phi) is 5.63. The Labute approximate surface area is 168 Å². The standard InChI is InChI=1S/C20H21FN4O3S/c1-11(2)25-29(27,28)16-7-5-15(6-8-16)24-20(26)17-9-14(21)10-18-19(17)23-13(4)12(3)22-18/h5-11,25H,1-4H3,(H,24,26). The van der Waals surface area contributed by atoms with E-state index in [1.165, 1.54) is 30.3 Å². The van der Waals surface area contributed by atoms with Crippen LogP contribution >= 0.6 is 0 Å². The Bertz CT molecular complexity index is 1190. The average molecular weight is 416 g/mol. The van der Waals surface area contributed by atoms with Gasteiger partial charge in [0.25, 0.3) is 5.91 Å². The van der Waals surface area contributed by atoms with E-state index in [4.69, 9.17) is 0 Å². The van der Waals surface area contributed by atoms with Crippen molar-refractivity contribution >= 4 is 32.7 Å². The number of benzene rings is 2. The number of hydrogen-bond acceptors (Lipinski definition) is 5. The molecule has 2 N–H and O–H groups in total. The fraction of sp³-hybridized carbons (Fsp3) is 0.250. The van der Waals surface area contributed by atoms with Gasteiger partial charge in [-0.15, -0.1) is 0 Å². The van der Waals surface area contributed by atoms with Gasteiger partial charge in [0.2, 0.25) is 10.0 Å². The molecular formula is C20H21FN4O3S. The quantitative estimate of drug-likeness (QED) is 0.664. The van der Waals surface area contributed by atoms with Gasteiger partial charge in [0.05, 0.1) is 27.4 Å². The number of nitrogens with one attached hydrogen (secondary N) is 2. The molecule has 1 amide bonds. The zero-order valence-electron chi connectivity index (χ0n) is 16.4. The van der Waals surface area contributed by atoms with Gasteiger partial charge in [-0.3, -0.25) is 4.79 Å². The van der Waals surface area contributed by atoms with E-state index in [0.29, 0.717) is 28.1 Å². The molecule has 0 saturated carbocycles. The molecule has 7 nitrogen and oxygen atoms in total. The van der Waals surface area contributed by atoms with Crippen LogP contribution in [0.4, 0.5) is 10.1 Å². The minimum Gasteiger partial charge on any atom is -0.322 e. The normalized spacial score (nSPS) is 11.8.